The maximum atomic E-state index is 14.5. The fourth-order valence-electron chi connectivity index (χ4n) is 12.3. The van der Waals surface area contributed by atoms with Crippen molar-refractivity contribution < 1.29 is 79.2 Å². The van der Waals surface area contributed by atoms with Crippen LogP contribution in [0, 0.1) is 17.8 Å². The van der Waals surface area contributed by atoms with Gasteiger partial charge in [-0.25, -0.2) is 0 Å². The molecule has 4 aliphatic heterocycles. The van der Waals surface area contributed by atoms with Crippen LogP contribution in [-0.4, -0.2) is 215 Å². The van der Waals surface area contributed by atoms with Crippen LogP contribution in [0.5, 0.6) is 11.5 Å². The van der Waals surface area contributed by atoms with E-state index in [0.29, 0.717) is 23.3 Å². The minimum absolute atomic E-state index is 0.0451. The predicted molar refractivity (Wildman–Crippen MR) is 300 cm³/mol. The molecule has 14 atom stereocenters. The summed E-state index contributed by atoms with van der Waals surface area (Å²) in [7, 11) is 0. The van der Waals surface area contributed by atoms with Gasteiger partial charge in [-0.1, -0.05) is 63.3 Å². The SMILES string of the molecule is CC(O)C1NC(=O)C(NC(=O)c2ccc3cc(OCCN4CCC(CC5CCCCC5)CC4)ccc3c2)CC(O)C(O)NC(=O)C2C(O)C(C)CN2C(=O)C(C(C)O)NC(=O)C(C(O)Cc2ccc(O)cc2)NC(=O)C2CC(O)CN2C1=O. The van der Waals surface area contributed by atoms with Crippen molar-refractivity contribution in [1.29, 1.82) is 0 Å². The summed E-state index contributed by atoms with van der Waals surface area (Å²) in [5.74, 6) is -6.47. The Balaban J connectivity index is 1.02. The standard InChI is InChI=1S/C59H82N8O16/c1-31-29-67-50(51(31)74)57(80)64-55(78)46(73)28-43(60-52(75)39-12-11-38-26-42(16-13-37(38)25-39)83-22-21-65-19-17-36(18-20-65)23-34-7-5-4-6-8-34)53(76)61-47(32(2)68)58(81)66-30-41(71)27-44(66)54(77)63-49(56(79)62-48(33(3)69)59(67)82)45(72)24-35-9-14-40(70)15-10-35/h9-16,25-26,31-34,36,41,43-51,55,68-74,78H,4-8,17-24,27-30H2,1-3H3,(H,60,75)(H,61,76)(H,62,79)(H,63,77)(H,64,80). The lowest BCUT2D eigenvalue weighted by molar-refractivity contribution is -0.148. The zero-order valence-electron chi connectivity index (χ0n) is 47.2. The van der Waals surface area contributed by atoms with Crippen LogP contribution in [0.3, 0.4) is 0 Å². The first kappa shape index (κ1) is 62.5. The second kappa shape index (κ2) is 27.9. The molecular weight excluding hydrogens is 1080 g/mol. The molecule has 14 unspecified atom stereocenters. The molecule has 24 nitrogen and oxygen atoms in total. The maximum Gasteiger partial charge on any atom is 0.251 e. The minimum Gasteiger partial charge on any atom is -0.508 e. The highest BCUT2D eigenvalue weighted by atomic mass is 16.5. The Morgan fingerprint density at radius 3 is 1.98 bits per heavy atom. The van der Waals surface area contributed by atoms with Crippen LogP contribution in [0.25, 0.3) is 10.8 Å². The van der Waals surface area contributed by atoms with Gasteiger partial charge in [0.2, 0.25) is 35.4 Å². The van der Waals surface area contributed by atoms with Crippen LogP contribution < -0.4 is 31.3 Å². The van der Waals surface area contributed by atoms with Gasteiger partial charge in [0.05, 0.1) is 30.5 Å². The Bertz CT molecular complexity index is 2770. The van der Waals surface area contributed by atoms with Crippen molar-refractivity contribution in [2.24, 2.45) is 17.8 Å². The summed E-state index contributed by atoms with van der Waals surface area (Å²) in [5.41, 5.74) is 0.415. The third kappa shape index (κ3) is 15.6. The second-order valence-corrected chi connectivity index (χ2v) is 23.6. The number of amides is 7. The summed E-state index contributed by atoms with van der Waals surface area (Å²) < 4.78 is 6.16. The zero-order valence-corrected chi connectivity index (χ0v) is 47.2. The van der Waals surface area contributed by atoms with E-state index in [1.807, 2.05) is 6.07 Å². The van der Waals surface area contributed by atoms with Gasteiger partial charge in [0, 0.05) is 50.4 Å². The fraction of sp³-hybridized carbons (Fsp3) is 0.610. The van der Waals surface area contributed by atoms with Gasteiger partial charge in [-0.2, -0.15) is 0 Å². The average Bonchev–Trinajstić information content (AvgIpc) is 3.86. The average molecular weight is 1160 g/mol. The van der Waals surface area contributed by atoms with Crippen LogP contribution in [0.2, 0.25) is 0 Å². The summed E-state index contributed by atoms with van der Waals surface area (Å²) in [4.78, 5) is 104. The largest absolute Gasteiger partial charge is 0.508 e. The highest BCUT2D eigenvalue weighted by molar-refractivity contribution is 6.02. The topological polar surface area (TPSA) is 360 Å². The number of aliphatic hydroxyl groups excluding tert-OH is 7. The second-order valence-electron chi connectivity index (χ2n) is 23.6. The summed E-state index contributed by atoms with van der Waals surface area (Å²) in [6, 6.07) is 4.54. The lowest BCUT2D eigenvalue weighted by atomic mass is 9.80. The number of nitrogens with one attached hydrogen (secondary N) is 5. The molecule has 454 valence electrons. The molecule has 24 heteroatoms. The maximum absolute atomic E-state index is 14.5. The monoisotopic (exact) mass is 1160 g/mol. The van der Waals surface area contributed by atoms with Crippen LogP contribution in [0.15, 0.2) is 60.7 Å². The van der Waals surface area contributed by atoms with E-state index in [2.05, 4.69) is 31.5 Å². The van der Waals surface area contributed by atoms with Gasteiger partial charge in [0.25, 0.3) is 5.91 Å². The molecule has 13 N–H and O–H groups in total. The predicted octanol–water partition coefficient (Wildman–Crippen LogP) is -1.11. The van der Waals surface area contributed by atoms with Crippen LogP contribution in [0.1, 0.15) is 101 Å². The highest BCUT2D eigenvalue weighted by Gasteiger charge is 2.50. The molecule has 0 spiro atoms. The molecule has 0 radical (unpaired) electrons. The van der Waals surface area contributed by atoms with Gasteiger partial charge >= 0.3 is 0 Å². The number of ether oxygens (including phenoxy) is 1. The number of phenols is 1. The minimum atomic E-state index is -2.26. The number of benzene rings is 3. The summed E-state index contributed by atoms with van der Waals surface area (Å²) in [6.45, 7) is 6.30. The molecule has 0 aromatic heterocycles. The Labute approximate surface area is 481 Å². The van der Waals surface area contributed by atoms with Gasteiger partial charge < -0.3 is 82.0 Å². The summed E-state index contributed by atoms with van der Waals surface area (Å²) >= 11 is 0. The third-order valence-electron chi connectivity index (χ3n) is 17.2. The number of carbonyl (C=O) groups excluding carboxylic acids is 7. The lowest BCUT2D eigenvalue weighted by Crippen LogP contribution is -2.64. The first-order valence-corrected chi connectivity index (χ1v) is 29.1. The number of rotatable bonds is 13. The number of carbonyl (C=O) groups is 7. The lowest BCUT2D eigenvalue weighted by Gasteiger charge is -2.34. The first-order chi connectivity index (χ1) is 39.5. The molecule has 1 saturated carbocycles. The van der Waals surface area contributed by atoms with Crippen LogP contribution in [-0.2, 0) is 35.2 Å². The quantitative estimate of drug-likeness (QED) is 0.0965. The summed E-state index contributed by atoms with van der Waals surface area (Å²) in [6.07, 6.45) is -3.68. The van der Waals surface area contributed by atoms with Crippen LogP contribution >= 0.6 is 0 Å². The molecule has 8 rings (SSSR count). The number of aromatic hydroxyl groups is 1. The van der Waals surface area contributed by atoms with E-state index in [-0.39, 0.29) is 24.3 Å². The number of fused-ring (bicyclic) bond motifs is 3. The molecule has 1 aliphatic carbocycles. The van der Waals surface area contributed by atoms with Crippen molar-refractivity contribution in [1.82, 2.24) is 41.3 Å². The molecular formula is C59H82N8O16. The van der Waals surface area contributed by atoms with E-state index in [0.717, 1.165) is 60.5 Å². The zero-order chi connectivity index (χ0) is 59.8. The van der Waals surface area contributed by atoms with Crippen molar-refractivity contribution in [2.45, 2.75) is 171 Å². The van der Waals surface area contributed by atoms with Gasteiger partial charge in [0.1, 0.15) is 60.5 Å². The van der Waals surface area contributed by atoms with Crippen molar-refractivity contribution in [3.8, 4) is 11.5 Å². The number of aliphatic hydroxyl groups is 7. The van der Waals surface area contributed by atoms with E-state index >= 15 is 0 Å². The van der Waals surface area contributed by atoms with E-state index in [1.54, 1.807) is 24.3 Å². The molecule has 0 bridgehead atoms. The molecule has 5 fully saturated rings. The number of piperidine rings is 1. The number of likely N-dealkylation sites (tertiary alicyclic amines) is 1. The molecule has 4 saturated heterocycles. The van der Waals surface area contributed by atoms with Crippen LogP contribution in [0.4, 0.5) is 0 Å². The summed E-state index contributed by atoms with van der Waals surface area (Å²) in [5, 5.41) is 102. The molecule has 83 heavy (non-hydrogen) atoms. The Kier molecular flexibility index (Phi) is 21.0. The smallest absolute Gasteiger partial charge is 0.251 e. The number of nitrogens with zero attached hydrogens (tertiary/aromatic N) is 3. The van der Waals surface area contributed by atoms with Gasteiger partial charge in [0.15, 0.2) is 6.23 Å². The van der Waals surface area contributed by atoms with Crippen molar-refractivity contribution in [2.75, 3.05) is 39.3 Å². The fourth-order valence-corrected chi connectivity index (χ4v) is 12.3. The third-order valence-corrected chi connectivity index (χ3v) is 17.2. The molecule has 7 amide bonds. The number of hydrogen-bond acceptors (Lipinski definition) is 17. The van der Waals surface area contributed by atoms with E-state index in [1.165, 1.54) is 88.6 Å². The molecule has 4 heterocycles. The highest BCUT2D eigenvalue weighted by Crippen LogP contribution is 2.33. The molecule has 3 aromatic rings. The van der Waals surface area contributed by atoms with Gasteiger partial charge in [-0.15, -0.1) is 0 Å². The van der Waals surface area contributed by atoms with Crippen molar-refractivity contribution in [3.63, 3.8) is 0 Å². The van der Waals surface area contributed by atoms with Crippen molar-refractivity contribution >= 4 is 52.1 Å². The first-order valence-electron chi connectivity index (χ1n) is 29.1. The number of phenolic OH excluding ortho intramolecular Hbond substituents is 1. The van der Waals surface area contributed by atoms with E-state index in [4.69, 9.17) is 4.74 Å². The van der Waals surface area contributed by atoms with Gasteiger partial charge in [-0.05, 0) is 111 Å². The Hall–Kier alpha value is -6.51. The Morgan fingerprint density at radius 2 is 1.30 bits per heavy atom. The van der Waals surface area contributed by atoms with E-state index in [9.17, 15) is 74.4 Å². The number of hydrogen-bond donors (Lipinski definition) is 13. The Morgan fingerprint density at radius 1 is 0.687 bits per heavy atom. The van der Waals surface area contributed by atoms with Crippen molar-refractivity contribution in [3.05, 3.63) is 71.8 Å². The van der Waals surface area contributed by atoms with E-state index < -0.39 is 146 Å². The normalized spacial score (nSPS) is 30.0. The van der Waals surface area contributed by atoms with Gasteiger partial charge in [-0.3, -0.25) is 38.5 Å². The molecule has 3 aromatic carbocycles. The molecule has 5 aliphatic rings.